The van der Waals surface area contributed by atoms with Crippen molar-refractivity contribution in [2.75, 3.05) is 0 Å². The molecule has 4 nitrogen and oxygen atoms in total. The number of hydrogen-bond acceptors (Lipinski definition) is 3. The molecule has 2 heterocycles. The van der Waals surface area contributed by atoms with E-state index in [4.69, 9.17) is 15.0 Å². The largest absolute Gasteiger partial charge is 0.308 e. The molecule has 0 aliphatic rings. The van der Waals surface area contributed by atoms with Crippen LogP contribution in [0.25, 0.3) is 61.7 Å². The fourth-order valence-corrected chi connectivity index (χ4v) is 4.99. The van der Waals surface area contributed by atoms with Gasteiger partial charge in [-0.05, 0) is 30.3 Å². The third kappa shape index (κ3) is 3.73. The number of nitrogens with zero attached hydrogens (tertiary/aromatic N) is 4. The number of aromatic nitrogens is 4. The molecule has 38 heavy (non-hydrogen) atoms. The molecule has 5 heteroatoms. The van der Waals surface area contributed by atoms with E-state index < -0.39 is 0 Å². The molecule has 0 atom stereocenters. The Hall–Kier alpha value is -5.16. The van der Waals surface area contributed by atoms with Crippen LogP contribution in [0.4, 0.5) is 4.39 Å². The average molecular weight is 493 g/mol. The van der Waals surface area contributed by atoms with Crippen LogP contribution in [0.3, 0.4) is 0 Å². The van der Waals surface area contributed by atoms with Crippen LogP contribution in [0.1, 0.15) is 0 Å². The predicted octanol–water partition coefficient (Wildman–Crippen LogP) is 8.11. The first kappa shape index (κ1) is 22.1. The fraction of sp³-hybridized carbons (Fsp3) is 0. The van der Waals surface area contributed by atoms with Gasteiger partial charge in [-0.15, -0.1) is 0 Å². The molecule has 0 N–H and O–H groups in total. The summed E-state index contributed by atoms with van der Waals surface area (Å²) in [5.41, 5.74) is 5.13. The second kappa shape index (κ2) is 9.05. The summed E-state index contributed by atoms with van der Waals surface area (Å²) in [5, 5.41) is 2.20. The number of hydrogen-bond donors (Lipinski definition) is 0. The number of rotatable bonds is 4. The van der Waals surface area contributed by atoms with Crippen molar-refractivity contribution in [3.05, 3.63) is 133 Å². The Morgan fingerprint density at radius 1 is 0.474 bits per heavy atom. The average Bonchev–Trinajstić information content (AvgIpc) is 3.32. The minimum Gasteiger partial charge on any atom is -0.308 e. The van der Waals surface area contributed by atoms with Crippen LogP contribution in [0.15, 0.2) is 127 Å². The smallest absolute Gasteiger partial charge is 0.166 e. The van der Waals surface area contributed by atoms with Crippen LogP contribution in [0.5, 0.6) is 0 Å². The molecule has 5 aromatic carbocycles. The molecule has 0 radical (unpaired) electrons. The maximum Gasteiger partial charge on any atom is 0.166 e. The molecule has 0 spiro atoms. The minimum absolute atomic E-state index is 0.328. The molecule has 0 aliphatic carbocycles. The monoisotopic (exact) mass is 492 g/mol. The van der Waals surface area contributed by atoms with Gasteiger partial charge in [0.1, 0.15) is 5.82 Å². The van der Waals surface area contributed by atoms with E-state index >= 15 is 0 Å². The zero-order valence-corrected chi connectivity index (χ0v) is 20.3. The normalized spacial score (nSPS) is 11.3. The molecule has 7 aromatic rings. The van der Waals surface area contributed by atoms with Crippen molar-refractivity contribution in [1.82, 2.24) is 19.5 Å². The summed E-state index contributed by atoms with van der Waals surface area (Å²) in [6.45, 7) is 0. The number of para-hydroxylation sites is 2. The Balaban J connectivity index is 1.54. The van der Waals surface area contributed by atoms with E-state index in [0.29, 0.717) is 23.2 Å². The first-order chi connectivity index (χ1) is 18.8. The fourth-order valence-electron chi connectivity index (χ4n) is 4.99. The van der Waals surface area contributed by atoms with E-state index in [2.05, 4.69) is 28.8 Å². The van der Waals surface area contributed by atoms with Crippen LogP contribution >= 0.6 is 0 Å². The summed E-state index contributed by atoms with van der Waals surface area (Å²) in [6.07, 6.45) is 0. The first-order valence-electron chi connectivity index (χ1n) is 12.4. The third-order valence-electron chi connectivity index (χ3n) is 6.72. The summed E-state index contributed by atoms with van der Waals surface area (Å²) < 4.78 is 17.0. The summed E-state index contributed by atoms with van der Waals surface area (Å²) >= 11 is 0. The van der Waals surface area contributed by atoms with Crippen molar-refractivity contribution in [2.45, 2.75) is 0 Å². The molecule has 7 rings (SSSR count). The van der Waals surface area contributed by atoms with Gasteiger partial charge in [0, 0.05) is 27.5 Å². The molecule has 0 fully saturated rings. The highest BCUT2D eigenvalue weighted by atomic mass is 19.1. The van der Waals surface area contributed by atoms with Gasteiger partial charge in [-0.2, -0.15) is 0 Å². The van der Waals surface area contributed by atoms with Gasteiger partial charge in [-0.3, -0.25) is 0 Å². The van der Waals surface area contributed by atoms with Crippen molar-refractivity contribution in [2.24, 2.45) is 0 Å². The number of benzene rings is 5. The van der Waals surface area contributed by atoms with E-state index in [1.165, 1.54) is 6.07 Å². The molecular formula is C33H21FN4. The van der Waals surface area contributed by atoms with Gasteiger partial charge in [-0.25, -0.2) is 19.3 Å². The quantitative estimate of drug-likeness (QED) is 0.249. The van der Waals surface area contributed by atoms with E-state index in [-0.39, 0.29) is 5.82 Å². The van der Waals surface area contributed by atoms with E-state index in [1.54, 1.807) is 12.1 Å². The highest BCUT2D eigenvalue weighted by Gasteiger charge is 2.19. The van der Waals surface area contributed by atoms with Crippen molar-refractivity contribution >= 4 is 21.8 Å². The highest BCUT2D eigenvalue weighted by molar-refractivity contribution is 6.09. The summed E-state index contributed by atoms with van der Waals surface area (Å²) in [6, 6.07) is 40.8. The molecular weight excluding hydrogens is 471 g/mol. The van der Waals surface area contributed by atoms with Gasteiger partial charge in [0.05, 0.1) is 16.7 Å². The lowest BCUT2D eigenvalue weighted by Gasteiger charge is -2.14. The molecule has 180 valence electrons. The van der Waals surface area contributed by atoms with Gasteiger partial charge in [-0.1, -0.05) is 97.1 Å². The predicted molar refractivity (Wildman–Crippen MR) is 150 cm³/mol. The maximum atomic E-state index is 14.9. The van der Waals surface area contributed by atoms with Crippen molar-refractivity contribution in [3.8, 4) is 39.9 Å². The molecule has 0 bridgehead atoms. The maximum absolute atomic E-state index is 14.9. The second-order valence-corrected chi connectivity index (χ2v) is 9.07. The molecule has 0 saturated carbocycles. The molecule has 0 saturated heterocycles. The van der Waals surface area contributed by atoms with Crippen LogP contribution < -0.4 is 0 Å². The Kier molecular flexibility index (Phi) is 5.26. The zero-order valence-electron chi connectivity index (χ0n) is 20.3. The van der Waals surface area contributed by atoms with Crippen molar-refractivity contribution in [1.29, 1.82) is 0 Å². The van der Waals surface area contributed by atoms with Gasteiger partial charge >= 0.3 is 0 Å². The topological polar surface area (TPSA) is 43.6 Å². The Labute approximate surface area is 218 Å². The first-order valence-corrected chi connectivity index (χ1v) is 12.4. The third-order valence-corrected chi connectivity index (χ3v) is 6.72. The van der Waals surface area contributed by atoms with E-state index in [9.17, 15) is 4.39 Å². The van der Waals surface area contributed by atoms with Crippen molar-refractivity contribution < 1.29 is 4.39 Å². The van der Waals surface area contributed by atoms with Gasteiger partial charge in [0.2, 0.25) is 0 Å². The lowest BCUT2D eigenvalue weighted by Crippen LogP contribution is -2.04. The Morgan fingerprint density at radius 2 is 0.947 bits per heavy atom. The summed E-state index contributed by atoms with van der Waals surface area (Å²) in [7, 11) is 0. The standard InChI is InChI=1S/C33H21FN4/c34-24-19-20-27(30(21-24)38-28-17-9-7-15-25(28)26-16-8-10-18-29(26)38)33-36-31(22-11-3-1-4-12-22)35-32(37-33)23-13-5-2-6-14-23/h1-21H. The lowest BCUT2D eigenvalue weighted by atomic mass is 10.1. The summed E-state index contributed by atoms with van der Waals surface area (Å²) in [4.78, 5) is 14.6. The molecule has 2 aromatic heterocycles. The van der Waals surface area contributed by atoms with Crippen LogP contribution in [-0.4, -0.2) is 19.5 Å². The minimum atomic E-state index is -0.328. The number of fused-ring (bicyclic) bond motifs is 3. The van der Waals surface area contributed by atoms with Gasteiger partial charge < -0.3 is 4.57 Å². The SMILES string of the molecule is Fc1ccc(-c2nc(-c3ccccc3)nc(-c3ccccc3)n2)c(-n2c3ccccc3c3ccccc32)c1. The van der Waals surface area contributed by atoms with Crippen LogP contribution in [0, 0.1) is 5.82 Å². The Bertz CT molecular complexity index is 1820. The lowest BCUT2D eigenvalue weighted by molar-refractivity contribution is 0.627. The number of halogens is 1. The van der Waals surface area contributed by atoms with Crippen molar-refractivity contribution in [3.63, 3.8) is 0 Å². The zero-order chi connectivity index (χ0) is 25.5. The Morgan fingerprint density at radius 3 is 1.50 bits per heavy atom. The van der Waals surface area contributed by atoms with Gasteiger partial charge in [0.15, 0.2) is 17.5 Å². The second-order valence-electron chi connectivity index (χ2n) is 9.07. The highest BCUT2D eigenvalue weighted by Crippen LogP contribution is 2.36. The molecule has 0 amide bonds. The van der Waals surface area contributed by atoms with Gasteiger partial charge in [0.25, 0.3) is 0 Å². The van der Waals surface area contributed by atoms with Crippen LogP contribution in [-0.2, 0) is 0 Å². The van der Waals surface area contributed by atoms with E-state index in [1.807, 2.05) is 84.9 Å². The van der Waals surface area contributed by atoms with E-state index in [0.717, 1.165) is 38.5 Å². The molecule has 0 aliphatic heterocycles. The van der Waals surface area contributed by atoms with Crippen LogP contribution in [0.2, 0.25) is 0 Å². The summed E-state index contributed by atoms with van der Waals surface area (Å²) in [5.74, 6) is 1.28. The molecule has 0 unspecified atom stereocenters.